The van der Waals surface area contributed by atoms with E-state index < -0.39 is 10.0 Å². The monoisotopic (exact) mass is 392 g/mol. The van der Waals surface area contributed by atoms with Crippen molar-refractivity contribution in [3.05, 3.63) is 65.2 Å². The topological polar surface area (TPSA) is 66.5 Å². The highest BCUT2D eigenvalue weighted by Crippen LogP contribution is 2.23. The van der Waals surface area contributed by atoms with Crippen LogP contribution >= 0.6 is 11.6 Å². The molecule has 1 saturated heterocycles. The van der Waals surface area contributed by atoms with Gasteiger partial charge in [0.25, 0.3) is 0 Å². The molecule has 0 saturated carbocycles. The molecule has 7 heteroatoms. The fraction of sp³-hybridized carbons (Fsp3) is 0.316. The molecule has 138 valence electrons. The van der Waals surface area contributed by atoms with Gasteiger partial charge in [0.1, 0.15) is 0 Å². The summed E-state index contributed by atoms with van der Waals surface area (Å²) >= 11 is 5.93. The van der Waals surface area contributed by atoms with Crippen LogP contribution in [0.15, 0.2) is 54.6 Å². The maximum Gasteiger partial charge on any atom is 0.227 e. The number of amides is 1. The molecule has 1 N–H and O–H groups in total. The Balaban J connectivity index is 1.56. The number of hydrogen-bond donors (Lipinski definition) is 1. The van der Waals surface area contributed by atoms with Crippen LogP contribution in [0.4, 0.5) is 5.69 Å². The summed E-state index contributed by atoms with van der Waals surface area (Å²) in [4.78, 5) is 12.4. The second-order valence-electron chi connectivity index (χ2n) is 6.41. The zero-order chi connectivity index (χ0) is 18.6. The van der Waals surface area contributed by atoms with Crippen LogP contribution < -0.4 is 5.32 Å². The van der Waals surface area contributed by atoms with E-state index in [0.29, 0.717) is 36.5 Å². The molecular weight excluding hydrogens is 372 g/mol. The van der Waals surface area contributed by atoms with Crippen molar-refractivity contribution in [3.8, 4) is 0 Å². The van der Waals surface area contributed by atoms with Crippen molar-refractivity contribution < 1.29 is 13.2 Å². The fourth-order valence-corrected chi connectivity index (χ4v) is 4.85. The van der Waals surface area contributed by atoms with Gasteiger partial charge in [0.2, 0.25) is 15.9 Å². The van der Waals surface area contributed by atoms with Crippen LogP contribution in [0.2, 0.25) is 5.02 Å². The average molecular weight is 393 g/mol. The van der Waals surface area contributed by atoms with Crippen molar-refractivity contribution in [3.63, 3.8) is 0 Å². The zero-order valence-electron chi connectivity index (χ0n) is 14.3. The van der Waals surface area contributed by atoms with Gasteiger partial charge in [0.05, 0.1) is 5.75 Å². The molecule has 0 aromatic heterocycles. The summed E-state index contributed by atoms with van der Waals surface area (Å²) in [5, 5.41) is 3.41. The molecule has 26 heavy (non-hydrogen) atoms. The molecule has 1 aliphatic rings. The molecule has 3 rings (SSSR count). The maximum absolute atomic E-state index is 12.6. The molecule has 0 bridgehead atoms. The second-order valence-corrected chi connectivity index (χ2v) is 8.82. The lowest BCUT2D eigenvalue weighted by atomic mass is 9.97. The third-order valence-electron chi connectivity index (χ3n) is 4.50. The van der Waals surface area contributed by atoms with E-state index in [1.165, 1.54) is 4.31 Å². The van der Waals surface area contributed by atoms with Crippen molar-refractivity contribution in [2.45, 2.75) is 18.6 Å². The van der Waals surface area contributed by atoms with E-state index in [2.05, 4.69) is 5.32 Å². The Morgan fingerprint density at radius 3 is 2.42 bits per heavy atom. The number of carbonyl (C=O) groups excluding carboxylic acids is 1. The van der Waals surface area contributed by atoms with Crippen molar-refractivity contribution in [1.29, 1.82) is 0 Å². The Kier molecular flexibility index (Phi) is 5.96. The van der Waals surface area contributed by atoms with E-state index in [0.717, 1.165) is 5.69 Å². The van der Waals surface area contributed by atoms with Crippen molar-refractivity contribution in [2.24, 2.45) is 5.92 Å². The third-order valence-corrected chi connectivity index (χ3v) is 6.58. The Labute approximate surface area is 159 Å². The highest BCUT2D eigenvalue weighted by molar-refractivity contribution is 7.88. The molecular formula is C19H21ClN2O3S. The standard InChI is InChI=1S/C19H21ClN2O3S/c20-17-6-4-5-15(13-17)14-26(24,25)22-11-9-16(10-12-22)19(23)21-18-7-2-1-3-8-18/h1-8,13,16H,9-12,14H2,(H,21,23). The highest BCUT2D eigenvalue weighted by atomic mass is 35.5. The number of nitrogens with zero attached hydrogens (tertiary/aromatic N) is 1. The first kappa shape index (κ1) is 18.9. The van der Waals surface area contributed by atoms with E-state index in [1.54, 1.807) is 24.3 Å². The van der Waals surface area contributed by atoms with Crippen LogP contribution in [0.25, 0.3) is 0 Å². The molecule has 1 amide bonds. The number of sulfonamides is 1. The first-order chi connectivity index (χ1) is 12.4. The van der Waals surface area contributed by atoms with Crippen LogP contribution in [-0.2, 0) is 20.6 Å². The van der Waals surface area contributed by atoms with E-state index >= 15 is 0 Å². The second kappa shape index (κ2) is 8.20. The zero-order valence-corrected chi connectivity index (χ0v) is 15.8. The molecule has 2 aromatic rings. The number of piperidine rings is 1. The number of para-hydroxylation sites is 1. The molecule has 1 aliphatic heterocycles. The molecule has 1 fully saturated rings. The van der Waals surface area contributed by atoms with Gasteiger partial charge in [-0.1, -0.05) is 41.9 Å². The van der Waals surface area contributed by atoms with Crippen molar-refractivity contribution in [2.75, 3.05) is 18.4 Å². The number of benzene rings is 2. The largest absolute Gasteiger partial charge is 0.326 e. The van der Waals surface area contributed by atoms with Crippen LogP contribution in [-0.4, -0.2) is 31.7 Å². The van der Waals surface area contributed by atoms with Crippen LogP contribution in [0.1, 0.15) is 18.4 Å². The summed E-state index contributed by atoms with van der Waals surface area (Å²) in [6.45, 7) is 0.714. The smallest absolute Gasteiger partial charge is 0.227 e. The van der Waals surface area contributed by atoms with Crippen molar-refractivity contribution in [1.82, 2.24) is 4.31 Å². The number of halogens is 1. The lowest BCUT2D eigenvalue weighted by molar-refractivity contribution is -0.120. The van der Waals surface area contributed by atoms with Crippen molar-refractivity contribution >= 4 is 33.2 Å². The summed E-state index contributed by atoms with van der Waals surface area (Å²) < 4.78 is 26.7. The Morgan fingerprint density at radius 1 is 1.08 bits per heavy atom. The normalized spacial score (nSPS) is 16.3. The molecule has 5 nitrogen and oxygen atoms in total. The third kappa shape index (κ3) is 4.84. The van der Waals surface area contributed by atoms with Gasteiger partial charge in [-0.2, -0.15) is 0 Å². The van der Waals surface area contributed by atoms with Crippen LogP contribution in [0, 0.1) is 5.92 Å². The van der Waals surface area contributed by atoms with Gasteiger partial charge >= 0.3 is 0 Å². The number of nitrogens with one attached hydrogen (secondary N) is 1. The number of hydrogen-bond acceptors (Lipinski definition) is 3. The summed E-state index contributed by atoms with van der Waals surface area (Å²) in [6.07, 6.45) is 1.04. The summed E-state index contributed by atoms with van der Waals surface area (Å²) in [6, 6.07) is 16.2. The SMILES string of the molecule is O=C(Nc1ccccc1)C1CCN(S(=O)(=O)Cc2cccc(Cl)c2)CC1. The predicted octanol–water partition coefficient (Wildman–Crippen LogP) is 3.52. The highest BCUT2D eigenvalue weighted by Gasteiger charge is 2.31. The average Bonchev–Trinajstić information content (AvgIpc) is 2.62. The number of anilines is 1. The fourth-order valence-electron chi connectivity index (χ4n) is 3.09. The molecule has 0 spiro atoms. The molecule has 2 aromatic carbocycles. The Morgan fingerprint density at radius 2 is 1.77 bits per heavy atom. The Bertz CT molecular complexity index is 863. The van der Waals surface area contributed by atoms with Crippen LogP contribution in [0.5, 0.6) is 0 Å². The molecule has 0 aliphatic carbocycles. The minimum atomic E-state index is -3.42. The summed E-state index contributed by atoms with van der Waals surface area (Å²) in [5.74, 6) is -0.301. The summed E-state index contributed by atoms with van der Waals surface area (Å²) in [7, 11) is -3.42. The van der Waals surface area contributed by atoms with E-state index in [1.807, 2.05) is 30.3 Å². The van der Waals surface area contributed by atoms with Gasteiger partial charge in [-0.3, -0.25) is 4.79 Å². The van der Waals surface area contributed by atoms with Gasteiger partial charge in [-0.15, -0.1) is 0 Å². The number of carbonyl (C=O) groups is 1. The molecule has 1 heterocycles. The first-order valence-electron chi connectivity index (χ1n) is 8.52. The Hall–Kier alpha value is -1.89. The molecule has 0 radical (unpaired) electrons. The van der Waals surface area contributed by atoms with E-state index in [-0.39, 0.29) is 17.6 Å². The first-order valence-corrected chi connectivity index (χ1v) is 10.5. The lowest BCUT2D eigenvalue weighted by Gasteiger charge is -2.30. The number of rotatable bonds is 5. The van der Waals surface area contributed by atoms with E-state index in [9.17, 15) is 13.2 Å². The van der Waals surface area contributed by atoms with E-state index in [4.69, 9.17) is 11.6 Å². The molecule has 0 atom stereocenters. The van der Waals surface area contributed by atoms with Gasteiger partial charge in [-0.05, 0) is 42.7 Å². The van der Waals surface area contributed by atoms with Crippen LogP contribution in [0.3, 0.4) is 0 Å². The lowest BCUT2D eigenvalue weighted by Crippen LogP contribution is -2.41. The van der Waals surface area contributed by atoms with Gasteiger partial charge in [0, 0.05) is 29.7 Å². The quantitative estimate of drug-likeness (QED) is 0.846. The summed E-state index contributed by atoms with van der Waals surface area (Å²) in [5.41, 5.74) is 1.43. The minimum absolute atomic E-state index is 0.0527. The maximum atomic E-state index is 12.6. The van der Waals surface area contributed by atoms with Gasteiger partial charge < -0.3 is 5.32 Å². The predicted molar refractivity (Wildman–Crippen MR) is 103 cm³/mol. The minimum Gasteiger partial charge on any atom is -0.326 e. The van der Waals surface area contributed by atoms with Gasteiger partial charge in [0.15, 0.2) is 0 Å². The molecule has 0 unspecified atom stereocenters. The van der Waals surface area contributed by atoms with Gasteiger partial charge in [-0.25, -0.2) is 12.7 Å².